The molecule has 4 heteroatoms. The third-order valence-electron chi connectivity index (χ3n) is 2.46. The normalized spacial score (nSPS) is 21.0. The van der Waals surface area contributed by atoms with E-state index in [1.807, 2.05) is 17.5 Å². The van der Waals surface area contributed by atoms with Crippen molar-refractivity contribution in [2.75, 3.05) is 19.6 Å². The zero-order valence-electron chi connectivity index (χ0n) is 7.95. The molecule has 0 bridgehead atoms. The van der Waals surface area contributed by atoms with Crippen molar-refractivity contribution in [2.24, 2.45) is 5.92 Å². The Labute approximate surface area is 87.5 Å². The minimum atomic E-state index is 0.0619. The lowest BCUT2D eigenvalue weighted by Gasteiger charge is -2.08. The maximum Gasteiger partial charge on any atom is 0.261 e. The molecule has 0 radical (unpaired) electrons. The van der Waals surface area contributed by atoms with Gasteiger partial charge in [0.1, 0.15) is 0 Å². The van der Waals surface area contributed by atoms with Crippen LogP contribution in [0.1, 0.15) is 16.1 Å². The Morgan fingerprint density at radius 3 is 3.29 bits per heavy atom. The molecule has 2 N–H and O–H groups in total. The molecule has 1 fully saturated rings. The number of rotatable bonds is 3. The molecule has 2 rings (SSSR count). The number of thiophene rings is 1. The first kappa shape index (κ1) is 9.68. The van der Waals surface area contributed by atoms with Gasteiger partial charge in [0.05, 0.1) is 4.88 Å². The molecule has 14 heavy (non-hydrogen) atoms. The van der Waals surface area contributed by atoms with Crippen molar-refractivity contribution in [1.82, 2.24) is 10.6 Å². The van der Waals surface area contributed by atoms with Gasteiger partial charge in [0.15, 0.2) is 0 Å². The second-order valence-electron chi connectivity index (χ2n) is 3.55. The molecule has 1 saturated heterocycles. The van der Waals surface area contributed by atoms with Crippen molar-refractivity contribution in [3.8, 4) is 0 Å². The summed E-state index contributed by atoms with van der Waals surface area (Å²) in [4.78, 5) is 12.3. The average Bonchev–Trinajstić information content (AvgIpc) is 2.87. The lowest BCUT2D eigenvalue weighted by molar-refractivity contribution is 0.0952. The van der Waals surface area contributed by atoms with Crippen molar-refractivity contribution in [3.63, 3.8) is 0 Å². The maximum absolute atomic E-state index is 11.5. The van der Waals surface area contributed by atoms with Gasteiger partial charge in [0.25, 0.3) is 5.91 Å². The molecule has 0 aliphatic carbocycles. The second-order valence-corrected chi connectivity index (χ2v) is 4.49. The summed E-state index contributed by atoms with van der Waals surface area (Å²) in [6.45, 7) is 2.91. The van der Waals surface area contributed by atoms with Crippen LogP contribution in [0.4, 0.5) is 0 Å². The molecule has 1 aliphatic heterocycles. The Hall–Kier alpha value is -0.870. The molecule has 3 nitrogen and oxygen atoms in total. The van der Waals surface area contributed by atoms with Gasteiger partial charge in [-0.3, -0.25) is 4.79 Å². The Morgan fingerprint density at radius 2 is 2.64 bits per heavy atom. The second kappa shape index (κ2) is 4.57. The van der Waals surface area contributed by atoms with Crippen LogP contribution >= 0.6 is 11.3 Å². The summed E-state index contributed by atoms with van der Waals surface area (Å²) in [5, 5.41) is 8.16. The average molecular weight is 210 g/mol. The van der Waals surface area contributed by atoms with Crippen molar-refractivity contribution in [2.45, 2.75) is 6.42 Å². The molecular weight excluding hydrogens is 196 g/mol. The monoisotopic (exact) mass is 210 g/mol. The van der Waals surface area contributed by atoms with Crippen LogP contribution in [0.2, 0.25) is 0 Å². The van der Waals surface area contributed by atoms with Gasteiger partial charge in [-0.2, -0.15) is 0 Å². The molecule has 2 heterocycles. The van der Waals surface area contributed by atoms with Crippen LogP contribution in [0.5, 0.6) is 0 Å². The summed E-state index contributed by atoms with van der Waals surface area (Å²) in [6, 6.07) is 3.75. The van der Waals surface area contributed by atoms with Crippen molar-refractivity contribution >= 4 is 17.2 Å². The molecule has 0 aromatic carbocycles. The van der Waals surface area contributed by atoms with Crippen LogP contribution in [0.25, 0.3) is 0 Å². The predicted molar refractivity (Wildman–Crippen MR) is 57.6 cm³/mol. The van der Waals surface area contributed by atoms with Gasteiger partial charge in [0.2, 0.25) is 0 Å². The topological polar surface area (TPSA) is 41.1 Å². The molecule has 0 unspecified atom stereocenters. The molecule has 76 valence electrons. The lowest BCUT2D eigenvalue weighted by Crippen LogP contribution is -2.29. The van der Waals surface area contributed by atoms with E-state index in [4.69, 9.17) is 0 Å². The summed E-state index contributed by atoms with van der Waals surface area (Å²) in [5.74, 6) is 0.672. The molecule has 0 spiro atoms. The first-order valence-corrected chi connectivity index (χ1v) is 5.76. The highest BCUT2D eigenvalue weighted by Gasteiger charge is 2.15. The quantitative estimate of drug-likeness (QED) is 0.784. The fourth-order valence-corrected chi connectivity index (χ4v) is 2.26. The minimum Gasteiger partial charge on any atom is -0.351 e. The molecule has 1 aromatic heterocycles. The molecule has 1 amide bonds. The Morgan fingerprint density at radius 1 is 1.71 bits per heavy atom. The third-order valence-corrected chi connectivity index (χ3v) is 3.33. The standard InChI is InChI=1S/C10H14N2OS/c13-10(9-2-1-5-14-9)12-7-8-3-4-11-6-8/h1-2,5,8,11H,3-4,6-7H2,(H,12,13)/t8-/m1/s1. The summed E-state index contributed by atoms with van der Waals surface area (Å²) in [6.07, 6.45) is 1.17. The highest BCUT2D eigenvalue weighted by atomic mass is 32.1. The lowest BCUT2D eigenvalue weighted by atomic mass is 10.1. The molecule has 1 aliphatic rings. The highest BCUT2D eigenvalue weighted by molar-refractivity contribution is 7.12. The van der Waals surface area contributed by atoms with E-state index >= 15 is 0 Å². The molecular formula is C10H14N2OS. The number of hydrogen-bond acceptors (Lipinski definition) is 3. The number of amides is 1. The van der Waals surface area contributed by atoms with E-state index in [9.17, 15) is 4.79 Å². The van der Waals surface area contributed by atoms with Gasteiger partial charge >= 0.3 is 0 Å². The molecule has 0 saturated carbocycles. The van der Waals surface area contributed by atoms with Crippen LogP contribution in [0, 0.1) is 5.92 Å². The summed E-state index contributed by atoms with van der Waals surface area (Å²) >= 11 is 1.49. The van der Waals surface area contributed by atoms with E-state index in [-0.39, 0.29) is 5.91 Å². The third kappa shape index (κ3) is 2.33. The maximum atomic E-state index is 11.5. The summed E-state index contributed by atoms with van der Waals surface area (Å²) in [7, 11) is 0. The van der Waals surface area contributed by atoms with Crippen LogP contribution < -0.4 is 10.6 Å². The van der Waals surface area contributed by atoms with E-state index in [2.05, 4.69) is 10.6 Å². The predicted octanol–water partition coefficient (Wildman–Crippen LogP) is 1.09. The van der Waals surface area contributed by atoms with E-state index in [1.165, 1.54) is 17.8 Å². The van der Waals surface area contributed by atoms with Gasteiger partial charge < -0.3 is 10.6 Å². The highest BCUT2D eigenvalue weighted by Crippen LogP contribution is 2.09. The number of carbonyl (C=O) groups excluding carboxylic acids is 1. The fourth-order valence-electron chi connectivity index (χ4n) is 1.62. The van der Waals surface area contributed by atoms with E-state index in [0.29, 0.717) is 5.92 Å². The Kier molecular flexibility index (Phi) is 3.16. The molecule has 1 aromatic rings. The summed E-state index contributed by atoms with van der Waals surface area (Å²) < 4.78 is 0. The van der Waals surface area contributed by atoms with Crippen LogP contribution in [0.3, 0.4) is 0 Å². The SMILES string of the molecule is O=C(NC[C@@H]1CCNC1)c1cccs1. The van der Waals surface area contributed by atoms with Crippen molar-refractivity contribution in [3.05, 3.63) is 22.4 Å². The Balaban J connectivity index is 1.78. The smallest absolute Gasteiger partial charge is 0.261 e. The molecule has 1 atom stereocenters. The van der Waals surface area contributed by atoms with Gasteiger partial charge in [0, 0.05) is 6.54 Å². The van der Waals surface area contributed by atoms with E-state index in [1.54, 1.807) is 0 Å². The van der Waals surface area contributed by atoms with Crippen LogP contribution in [-0.2, 0) is 0 Å². The first-order valence-electron chi connectivity index (χ1n) is 4.88. The van der Waals surface area contributed by atoms with Gasteiger partial charge in [-0.15, -0.1) is 11.3 Å². The zero-order chi connectivity index (χ0) is 9.80. The van der Waals surface area contributed by atoms with Crippen LogP contribution in [0.15, 0.2) is 17.5 Å². The van der Waals surface area contributed by atoms with Crippen LogP contribution in [-0.4, -0.2) is 25.5 Å². The Bertz CT molecular complexity index is 291. The first-order chi connectivity index (χ1) is 6.86. The summed E-state index contributed by atoms with van der Waals surface area (Å²) in [5.41, 5.74) is 0. The number of hydrogen-bond donors (Lipinski definition) is 2. The number of nitrogens with one attached hydrogen (secondary N) is 2. The van der Waals surface area contributed by atoms with E-state index < -0.39 is 0 Å². The van der Waals surface area contributed by atoms with E-state index in [0.717, 1.165) is 24.5 Å². The van der Waals surface area contributed by atoms with Crippen molar-refractivity contribution in [1.29, 1.82) is 0 Å². The van der Waals surface area contributed by atoms with Gasteiger partial charge in [-0.25, -0.2) is 0 Å². The van der Waals surface area contributed by atoms with Gasteiger partial charge in [-0.1, -0.05) is 6.07 Å². The largest absolute Gasteiger partial charge is 0.351 e. The zero-order valence-corrected chi connectivity index (χ0v) is 8.77. The number of carbonyl (C=O) groups is 1. The fraction of sp³-hybridized carbons (Fsp3) is 0.500. The van der Waals surface area contributed by atoms with Gasteiger partial charge in [-0.05, 0) is 36.9 Å². The van der Waals surface area contributed by atoms with Crippen molar-refractivity contribution < 1.29 is 4.79 Å². The minimum absolute atomic E-state index is 0.0619.